The van der Waals surface area contributed by atoms with Crippen LogP contribution in [0.1, 0.15) is 41.0 Å². The summed E-state index contributed by atoms with van der Waals surface area (Å²) in [5, 5.41) is 10.7. The van der Waals surface area contributed by atoms with Crippen molar-refractivity contribution < 1.29 is 19.0 Å². The fourth-order valence-electron chi connectivity index (χ4n) is 2.44. The molecular formula is C18H34O4Si. The van der Waals surface area contributed by atoms with Crippen LogP contribution in [-0.4, -0.2) is 43.6 Å². The summed E-state index contributed by atoms with van der Waals surface area (Å²) in [6, 6.07) is 0. The fraction of sp³-hybridized carbons (Fsp3) is 0.778. The van der Waals surface area contributed by atoms with Gasteiger partial charge in [0.05, 0.1) is 6.10 Å². The van der Waals surface area contributed by atoms with Gasteiger partial charge in [-0.1, -0.05) is 32.9 Å². The van der Waals surface area contributed by atoms with Crippen LogP contribution in [0.4, 0.5) is 0 Å². The Balaban J connectivity index is 3.11. The molecule has 1 fully saturated rings. The minimum atomic E-state index is -2.08. The van der Waals surface area contributed by atoms with Gasteiger partial charge in [-0.15, -0.1) is 13.2 Å². The quantitative estimate of drug-likeness (QED) is 0.561. The maximum absolute atomic E-state index is 10.6. The van der Waals surface area contributed by atoms with Crippen LogP contribution in [0, 0.1) is 0 Å². The first-order valence-electron chi connectivity index (χ1n) is 8.29. The van der Waals surface area contributed by atoms with Gasteiger partial charge < -0.3 is 19.0 Å². The molecule has 1 unspecified atom stereocenters. The lowest BCUT2D eigenvalue weighted by Gasteiger charge is -2.42. The van der Waals surface area contributed by atoms with E-state index in [2.05, 4.69) is 47.0 Å². The van der Waals surface area contributed by atoms with Gasteiger partial charge in [-0.2, -0.15) is 0 Å². The molecule has 1 N–H and O–H groups in total. The highest BCUT2D eigenvalue weighted by molar-refractivity contribution is 6.74. The van der Waals surface area contributed by atoms with E-state index in [9.17, 15) is 5.11 Å². The number of rotatable bonds is 7. The minimum Gasteiger partial charge on any atom is -0.408 e. The van der Waals surface area contributed by atoms with Crippen molar-refractivity contribution >= 4 is 8.32 Å². The molecule has 5 heteroatoms. The molecule has 1 aliphatic rings. The summed E-state index contributed by atoms with van der Waals surface area (Å²) in [6.45, 7) is 22.2. The van der Waals surface area contributed by atoms with E-state index in [-0.39, 0.29) is 17.2 Å². The smallest absolute Gasteiger partial charge is 0.192 e. The zero-order valence-electron chi connectivity index (χ0n) is 15.8. The molecule has 1 rings (SSSR count). The summed E-state index contributed by atoms with van der Waals surface area (Å²) in [6.07, 6.45) is 2.03. The van der Waals surface area contributed by atoms with E-state index >= 15 is 0 Å². The van der Waals surface area contributed by atoms with E-state index in [0.717, 1.165) is 0 Å². The maximum Gasteiger partial charge on any atom is 0.192 e. The van der Waals surface area contributed by atoms with Gasteiger partial charge in [-0.05, 0) is 38.4 Å². The van der Waals surface area contributed by atoms with Crippen LogP contribution in [0.5, 0.6) is 0 Å². The Bertz CT molecular complexity index is 425. The van der Waals surface area contributed by atoms with Crippen LogP contribution in [0.25, 0.3) is 0 Å². The van der Waals surface area contributed by atoms with Gasteiger partial charge in [0.2, 0.25) is 0 Å². The van der Waals surface area contributed by atoms with Gasteiger partial charge in [0, 0.05) is 0 Å². The van der Waals surface area contributed by atoms with Gasteiger partial charge in [0.15, 0.2) is 14.1 Å². The normalized spacial score (nSPS) is 27.5. The molecule has 1 aliphatic heterocycles. The Labute approximate surface area is 142 Å². The number of ether oxygens (including phenoxy) is 2. The Kier molecular flexibility index (Phi) is 6.44. The Hall–Kier alpha value is -0.463. The zero-order chi connectivity index (χ0) is 18.1. The average Bonchev–Trinajstić information content (AvgIpc) is 2.70. The monoisotopic (exact) mass is 342 g/mol. The minimum absolute atomic E-state index is 0.0395. The highest BCUT2D eigenvalue weighted by Crippen LogP contribution is 2.40. The molecule has 1 saturated heterocycles. The third kappa shape index (κ3) is 5.00. The SMILES string of the molecule is C=CCC(O)[C@H](O[Si](C)(C)C(C)(C)C)[C@H]1OC(C)(C)O[C@H]1C=C. The largest absolute Gasteiger partial charge is 0.408 e. The van der Waals surface area contributed by atoms with Crippen LogP contribution in [-0.2, 0) is 13.9 Å². The summed E-state index contributed by atoms with van der Waals surface area (Å²) < 4.78 is 18.4. The van der Waals surface area contributed by atoms with E-state index in [1.54, 1.807) is 12.2 Å². The van der Waals surface area contributed by atoms with E-state index in [1.165, 1.54) is 0 Å². The molecule has 0 radical (unpaired) electrons. The second-order valence-corrected chi connectivity index (χ2v) is 13.0. The van der Waals surface area contributed by atoms with Crippen molar-refractivity contribution in [2.24, 2.45) is 0 Å². The first-order valence-corrected chi connectivity index (χ1v) is 11.2. The van der Waals surface area contributed by atoms with Crippen molar-refractivity contribution in [2.45, 2.75) is 89.4 Å². The average molecular weight is 343 g/mol. The van der Waals surface area contributed by atoms with Crippen molar-refractivity contribution in [2.75, 3.05) is 0 Å². The van der Waals surface area contributed by atoms with Gasteiger partial charge in [0.1, 0.15) is 18.3 Å². The third-order valence-corrected chi connectivity index (χ3v) is 9.22. The molecule has 134 valence electrons. The molecule has 0 aromatic heterocycles. The standard InChI is InChI=1S/C18H34O4Si/c1-10-12-13(19)15(22-23(8,9)17(3,4)5)16-14(11-2)20-18(6,7)21-16/h10-11,13-16,19H,1-2,12H2,3-9H3/t13?,14-,15-,16-/m0/s1. The van der Waals surface area contributed by atoms with Gasteiger partial charge >= 0.3 is 0 Å². The van der Waals surface area contributed by atoms with Crippen molar-refractivity contribution in [3.63, 3.8) is 0 Å². The molecule has 0 aromatic rings. The summed E-state index contributed by atoms with van der Waals surface area (Å²) in [5.41, 5.74) is 0. The summed E-state index contributed by atoms with van der Waals surface area (Å²) in [4.78, 5) is 0. The molecule has 1 heterocycles. The van der Waals surface area contributed by atoms with Gasteiger partial charge in [0.25, 0.3) is 0 Å². The fourth-order valence-corrected chi connectivity index (χ4v) is 3.77. The lowest BCUT2D eigenvalue weighted by Crippen LogP contribution is -2.53. The number of aliphatic hydroxyl groups excluding tert-OH is 1. The van der Waals surface area contributed by atoms with Crippen molar-refractivity contribution in [1.82, 2.24) is 0 Å². The molecule has 0 amide bonds. The highest BCUT2D eigenvalue weighted by atomic mass is 28.4. The molecule has 4 atom stereocenters. The van der Waals surface area contributed by atoms with E-state index in [0.29, 0.717) is 6.42 Å². The molecule has 0 aliphatic carbocycles. The van der Waals surface area contributed by atoms with Gasteiger partial charge in [-0.25, -0.2) is 0 Å². The van der Waals surface area contributed by atoms with Crippen molar-refractivity contribution in [1.29, 1.82) is 0 Å². The molecular weight excluding hydrogens is 308 g/mol. The Morgan fingerprint density at radius 2 is 1.83 bits per heavy atom. The van der Waals surface area contributed by atoms with Crippen molar-refractivity contribution in [3.05, 3.63) is 25.3 Å². The Morgan fingerprint density at radius 3 is 2.26 bits per heavy atom. The van der Waals surface area contributed by atoms with E-state index in [4.69, 9.17) is 13.9 Å². The lowest BCUT2D eigenvalue weighted by molar-refractivity contribution is -0.159. The van der Waals surface area contributed by atoms with E-state index < -0.39 is 26.3 Å². The molecule has 23 heavy (non-hydrogen) atoms. The first kappa shape index (κ1) is 20.6. The summed E-state index contributed by atoms with van der Waals surface area (Å²) in [5.74, 6) is -0.716. The molecule has 0 bridgehead atoms. The van der Waals surface area contributed by atoms with Gasteiger partial charge in [-0.3, -0.25) is 0 Å². The van der Waals surface area contributed by atoms with Crippen LogP contribution in [0.15, 0.2) is 25.3 Å². The van der Waals surface area contributed by atoms with Crippen LogP contribution < -0.4 is 0 Å². The first-order chi connectivity index (χ1) is 10.3. The second kappa shape index (κ2) is 7.19. The lowest BCUT2D eigenvalue weighted by atomic mass is 10.0. The number of hydrogen-bond donors (Lipinski definition) is 1. The zero-order valence-corrected chi connectivity index (χ0v) is 16.8. The van der Waals surface area contributed by atoms with Crippen LogP contribution >= 0.6 is 0 Å². The van der Waals surface area contributed by atoms with Crippen LogP contribution in [0.2, 0.25) is 18.1 Å². The molecule has 0 aromatic carbocycles. The predicted molar refractivity (Wildman–Crippen MR) is 96.9 cm³/mol. The van der Waals surface area contributed by atoms with E-state index in [1.807, 2.05) is 13.8 Å². The number of aliphatic hydroxyl groups is 1. The summed E-state index contributed by atoms with van der Waals surface area (Å²) >= 11 is 0. The molecule has 0 spiro atoms. The highest BCUT2D eigenvalue weighted by Gasteiger charge is 2.49. The van der Waals surface area contributed by atoms with Crippen LogP contribution in [0.3, 0.4) is 0 Å². The molecule has 4 nitrogen and oxygen atoms in total. The third-order valence-electron chi connectivity index (χ3n) is 4.74. The predicted octanol–water partition coefficient (Wildman–Crippen LogP) is 4.02. The maximum atomic E-state index is 10.6. The summed E-state index contributed by atoms with van der Waals surface area (Å²) in [7, 11) is -2.08. The number of hydrogen-bond acceptors (Lipinski definition) is 4. The molecule has 0 saturated carbocycles. The Morgan fingerprint density at radius 1 is 1.26 bits per heavy atom. The van der Waals surface area contributed by atoms with Crippen molar-refractivity contribution in [3.8, 4) is 0 Å². The topological polar surface area (TPSA) is 47.9 Å². The second-order valence-electron chi connectivity index (χ2n) is 8.23.